The van der Waals surface area contributed by atoms with Crippen molar-refractivity contribution in [3.8, 4) is 5.82 Å². The number of rotatable bonds is 5. The van der Waals surface area contributed by atoms with Gasteiger partial charge in [0.2, 0.25) is 0 Å². The number of hydrogen-bond acceptors (Lipinski definition) is 3. The Balaban J connectivity index is 1.53. The topological polar surface area (TPSA) is 67.1 Å². The number of benzene rings is 1. The molecular weight excluding hydrogens is 331 g/mol. The van der Waals surface area contributed by atoms with Crippen LogP contribution in [-0.2, 0) is 13.1 Å². The predicted octanol–water partition coefficient (Wildman–Crippen LogP) is 2.58. The Labute approximate surface area is 151 Å². The molecule has 0 spiro atoms. The summed E-state index contributed by atoms with van der Waals surface area (Å²) >= 11 is 0. The van der Waals surface area contributed by atoms with Gasteiger partial charge in [0.15, 0.2) is 5.96 Å². The zero-order valence-electron chi connectivity index (χ0n) is 14.8. The van der Waals surface area contributed by atoms with E-state index in [0.29, 0.717) is 19.0 Å². The first-order valence-corrected chi connectivity index (χ1v) is 8.30. The van der Waals surface area contributed by atoms with Crippen molar-refractivity contribution in [1.29, 1.82) is 0 Å². The minimum atomic E-state index is -0.238. The molecule has 0 aliphatic rings. The first-order valence-electron chi connectivity index (χ1n) is 8.30. The molecule has 6 nitrogen and oxygen atoms in total. The van der Waals surface area contributed by atoms with Crippen molar-refractivity contribution in [2.45, 2.75) is 20.0 Å². The minimum Gasteiger partial charge on any atom is -0.352 e. The Kier molecular flexibility index (Phi) is 5.58. The molecule has 0 fully saturated rings. The summed E-state index contributed by atoms with van der Waals surface area (Å²) in [4.78, 5) is 12.9. The zero-order chi connectivity index (χ0) is 18.4. The predicted molar refractivity (Wildman–Crippen MR) is 99.5 cm³/mol. The molecule has 2 N–H and O–H groups in total. The molecule has 0 unspecified atom stereocenters. The highest BCUT2D eigenvalue weighted by atomic mass is 19.1. The third-order valence-electron chi connectivity index (χ3n) is 3.94. The smallest absolute Gasteiger partial charge is 0.191 e. The van der Waals surface area contributed by atoms with Crippen LogP contribution in [0.2, 0.25) is 0 Å². The highest BCUT2D eigenvalue weighted by Crippen LogP contribution is 2.08. The Bertz CT molecular complexity index is 868. The largest absolute Gasteiger partial charge is 0.352 e. The first kappa shape index (κ1) is 17.6. The maximum atomic E-state index is 12.9. The molecule has 0 radical (unpaired) electrons. The second-order valence-electron chi connectivity index (χ2n) is 5.77. The van der Waals surface area contributed by atoms with Crippen LogP contribution in [-0.4, -0.2) is 27.5 Å². The summed E-state index contributed by atoms with van der Waals surface area (Å²) in [6, 6.07) is 10.4. The van der Waals surface area contributed by atoms with Gasteiger partial charge in [0, 0.05) is 38.7 Å². The lowest BCUT2D eigenvalue weighted by molar-refractivity contribution is 0.626. The lowest BCUT2D eigenvalue weighted by atomic mass is 10.2. The Morgan fingerprint density at radius 2 is 1.73 bits per heavy atom. The molecule has 0 aliphatic heterocycles. The van der Waals surface area contributed by atoms with Crippen molar-refractivity contribution in [3.05, 3.63) is 77.8 Å². The molecule has 3 rings (SSSR count). The van der Waals surface area contributed by atoms with Gasteiger partial charge in [-0.1, -0.05) is 18.2 Å². The van der Waals surface area contributed by atoms with Crippen LogP contribution in [0.4, 0.5) is 4.39 Å². The van der Waals surface area contributed by atoms with E-state index in [4.69, 9.17) is 0 Å². The van der Waals surface area contributed by atoms with Crippen LogP contribution >= 0.6 is 0 Å². The summed E-state index contributed by atoms with van der Waals surface area (Å²) in [7, 11) is 1.71. The molecular formula is C19H21FN6. The van der Waals surface area contributed by atoms with Crippen molar-refractivity contribution >= 4 is 5.96 Å². The number of guanidine groups is 1. The molecule has 134 valence electrons. The van der Waals surface area contributed by atoms with Gasteiger partial charge in [0.25, 0.3) is 0 Å². The van der Waals surface area contributed by atoms with Gasteiger partial charge in [0.1, 0.15) is 17.5 Å². The van der Waals surface area contributed by atoms with Crippen LogP contribution in [0.1, 0.15) is 17.0 Å². The zero-order valence-corrected chi connectivity index (χ0v) is 14.8. The maximum Gasteiger partial charge on any atom is 0.191 e. The summed E-state index contributed by atoms with van der Waals surface area (Å²) in [6.45, 7) is 3.10. The van der Waals surface area contributed by atoms with Crippen LogP contribution in [0.15, 0.2) is 60.0 Å². The number of aryl methyl sites for hydroxylation is 1. The molecule has 0 amide bonds. The minimum absolute atomic E-state index is 0.238. The van der Waals surface area contributed by atoms with E-state index >= 15 is 0 Å². The van der Waals surface area contributed by atoms with Crippen molar-refractivity contribution in [2.75, 3.05) is 7.05 Å². The lowest BCUT2D eigenvalue weighted by Gasteiger charge is -2.12. The van der Waals surface area contributed by atoms with Crippen LogP contribution in [0.5, 0.6) is 0 Å². The van der Waals surface area contributed by atoms with Crippen molar-refractivity contribution in [3.63, 3.8) is 0 Å². The average molecular weight is 352 g/mol. The van der Waals surface area contributed by atoms with Gasteiger partial charge in [0.05, 0.1) is 0 Å². The highest BCUT2D eigenvalue weighted by molar-refractivity contribution is 5.79. The number of aromatic nitrogens is 3. The standard InChI is InChI=1S/C19H21FN6/c1-14-22-9-10-26(14)18-8-5-16(12-23-18)13-25-19(21-2)24-11-15-3-6-17(20)7-4-15/h3-10,12H,11,13H2,1-2H3,(H2,21,24,25). The van der Waals surface area contributed by atoms with E-state index in [1.165, 1.54) is 12.1 Å². The van der Waals surface area contributed by atoms with E-state index in [1.807, 2.05) is 36.0 Å². The Morgan fingerprint density at radius 1 is 1.04 bits per heavy atom. The molecule has 0 saturated carbocycles. The van der Waals surface area contributed by atoms with E-state index in [2.05, 4.69) is 25.6 Å². The van der Waals surface area contributed by atoms with Crippen LogP contribution in [0, 0.1) is 12.7 Å². The fourth-order valence-corrected chi connectivity index (χ4v) is 2.48. The second kappa shape index (κ2) is 8.24. The van der Waals surface area contributed by atoms with Crippen LogP contribution in [0.25, 0.3) is 5.82 Å². The number of nitrogens with zero attached hydrogens (tertiary/aromatic N) is 4. The van der Waals surface area contributed by atoms with Gasteiger partial charge in [-0.3, -0.25) is 9.56 Å². The molecule has 2 heterocycles. The van der Waals surface area contributed by atoms with E-state index in [0.717, 1.165) is 22.8 Å². The summed E-state index contributed by atoms with van der Waals surface area (Å²) in [5, 5.41) is 6.44. The molecule has 2 aromatic heterocycles. The maximum absolute atomic E-state index is 12.9. The number of nitrogens with one attached hydrogen (secondary N) is 2. The third-order valence-corrected chi connectivity index (χ3v) is 3.94. The van der Waals surface area contributed by atoms with Crippen LogP contribution < -0.4 is 10.6 Å². The lowest BCUT2D eigenvalue weighted by Crippen LogP contribution is -2.36. The molecule has 0 atom stereocenters. The molecule has 0 bridgehead atoms. The van der Waals surface area contributed by atoms with Crippen LogP contribution in [0.3, 0.4) is 0 Å². The fourth-order valence-electron chi connectivity index (χ4n) is 2.48. The van der Waals surface area contributed by atoms with Gasteiger partial charge in [-0.05, 0) is 36.2 Å². The normalized spacial score (nSPS) is 11.4. The molecule has 7 heteroatoms. The first-order chi connectivity index (χ1) is 12.7. The summed E-state index contributed by atoms with van der Waals surface area (Å²) in [5.41, 5.74) is 2.02. The molecule has 1 aromatic carbocycles. The third kappa shape index (κ3) is 4.44. The monoisotopic (exact) mass is 352 g/mol. The van der Waals surface area contributed by atoms with E-state index in [1.54, 1.807) is 25.4 Å². The number of pyridine rings is 1. The van der Waals surface area contributed by atoms with Crippen molar-refractivity contribution in [1.82, 2.24) is 25.2 Å². The summed E-state index contributed by atoms with van der Waals surface area (Å²) in [6.07, 6.45) is 5.47. The SMILES string of the molecule is CN=C(NCc1ccc(F)cc1)NCc1ccc(-n2ccnc2C)nc1. The molecule has 0 aliphatic carbocycles. The molecule has 0 saturated heterocycles. The van der Waals surface area contributed by atoms with Crippen molar-refractivity contribution < 1.29 is 4.39 Å². The van der Waals surface area contributed by atoms with Gasteiger partial charge < -0.3 is 10.6 Å². The number of imidazole rings is 1. The fraction of sp³-hybridized carbons (Fsp3) is 0.211. The average Bonchev–Trinajstić information content (AvgIpc) is 3.10. The van der Waals surface area contributed by atoms with Gasteiger partial charge in [-0.2, -0.15) is 0 Å². The Hall–Kier alpha value is -3.22. The van der Waals surface area contributed by atoms with E-state index < -0.39 is 0 Å². The highest BCUT2D eigenvalue weighted by Gasteiger charge is 2.03. The van der Waals surface area contributed by atoms with Gasteiger partial charge in [-0.25, -0.2) is 14.4 Å². The summed E-state index contributed by atoms with van der Waals surface area (Å²) < 4.78 is 14.9. The quantitative estimate of drug-likeness (QED) is 0.547. The number of aliphatic imine (C=N–C) groups is 1. The number of halogens is 1. The summed E-state index contributed by atoms with van der Waals surface area (Å²) in [5.74, 6) is 2.17. The van der Waals surface area contributed by atoms with Gasteiger partial charge >= 0.3 is 0 Å². The van der Waals surface area contributed by atoms with E-state index in [-0.39, 0.29) is 5.82 Å². The second-order valence-corrected chi connectivity index (χ2v) is 5.77. The van der Waals surface area contributed by atoms with E-state index in [9.17, 15) is 4.39 Å². The Morgan fingerprint density at radius 3 is 2.31 bits per heavy atom. The number of hydrogen-bond donors (Lipinski definition) is 2. The van der Waals surface area contributed by atoms with Crippen molar-refractivity contribution in [2.24, 2.45) is 4.99 Å². The molecule has 26 heavy (non-hydrogen) atoms. The van der Waals surface area contributed by atoms with Gasteiger partial charge in [-0.15, -0.1) is 0 Å². The molecule has 3 aromatic rings.